The van der Waals surface area contributed by atoms with Crippen molar-refractivity contribution in [1.82, 2.24) is 34.6 Å². The van der Waals surface area contributed by atoms with Gasteiger partial charge in [0, 0.05) is 19.3 Å². The number of nitrogens with zero attached hydrogens (tertiary/aromatic N) is 6. The smallest absolute Gasteiger partial charge is 0.165 e. The van der Waals surface area contributed by atoms with Crippen molar-refractivity contribution < 1.29 is 0 Å². The quantitative estimate of drug-likeness (QED) is 0.740. The molecule has 1 fully saturated rings. The van der Waals surface area contributed by atoms with Crippen molar-refractivity contribution in [2.24, 2.45) is 7.05 Å². The van der Waals surface area contributed by atoms with Crippen LogP contribution in [0.2, 0.25) is 0 Å². The molecule has 0 bridgehead atoms. The first-order valence-corrected chi connectivity index (χ1v) is 8.29. The Morgan fingerprint density at radius 1 is 1.25 bits per heavy atom. The molecule has 3 aromatic rings. The van der Waals surface area contributed by atoms with Crippen molar-refractivity contribution in [2.45, 2.75) is 33.2 Å². The van der Waals surface area contributed by atoms with Crippen LogP contribution in [0.5, 0.6) is 0 Å². The lowest BCUT2D eigenvalue weighted by atomic mass is 10.2. The van der Waals surface area contributed by atoms with Crippen LogP contribution in [0, 0.1) is 6.92 Å². The number of hydrogen-bond acceptors (Lipinski definition) is 6. The molecule has 3 N–H and O–H groups in total. The minimum atomic E-state index is 0.396. The van der Waals surface area contributed by atoms with Gasteiger partial charge in [-0.25, -0.2) is 15.0 Å². The summed E-state index contributed by atoms with van der Waals surface area (Å²) in [5.74, 6) is 1.20. The van der Waals surface area contributed by atoms with Gasteiger partial charge in [-0.3, -0.25) is 4.68 Å². The lowest BCUT2D eigenvalue weighted by molar-refractivity contribution is 0.640. The Balaban J connectivity index is 0.000000290. The van der Waals surface area contributed by atoms with E-state index in [1.54, 1.807) is 0 Å². The number of imidazole rings is 1. The van der Waals surface area contributed by atoms with E-state index in [2.05, 4.69) is 32.3 Å². The molecule has 1 aliphatic heterocycles. The summed E-state index contributed by atoms with van der Waals surface area (Å²) >= 11 is 0. The largest absolute Gasteiger partial charge is 0.382 e. The van der Waals surface area contributed by atoms with Crippen molar-refractivity contribution in [3.8, 4) is 11.4 Å². The number of nitrogens with one attached hydrogen (secondary N) is 1. The van der Waals surface area contributed by atoms with Crippen LogP contribution in [0.25, 0.3) is 22.6 Å². The van der Waals surface area contributed by atoms with Gasteiger partial charge in [0.15, 0.2) is 17.0 Å². The molecule has 0 atom stereocenters. The number of aromatic nitrogens is 6. The highest BCUT2D eigenvalue weighted by Crippen LogP contribution is 2.26. The lowest BCUT2D eigenvalue weighted by Crippen LogP contribution is -2.03. The van der Waals surface area contributed by atoms with Crippen LogP contribution in [0.3, 0.4) is 0 Å². The second-order valence-corrected chi connectivity index (χ2v) is 5.84. The summed E-state index contributed by atoms with van der Waals surface area (Å²) in [7, 11) is 1.92. The lowest BCUT2D eigenvalue weighted by Gasteiger charge is -2.02. The van der Waals surface area contributed by atoms with E-state index in [1.165, 1.54) is 32.3 Å². The summed E-state index contributed by atoms with van der Waals surface area (Å²) in [6.07, 6.45) is 6.05. The molecule has 0 aliphatic carbocycles. The summed E-state index contributed by atoms with van der Waals surface area (Å²) in [6, 6.07) is 0. The van der Waals surface area contributed by atoms with Crippen LogP contribution in [-0.4, -0.2) is 42.4 Å². The predicted molar refractivity (Wildman–Crippen MR) is 94.5 cm³/mol. The third kappa shape index (κ3) is 2.96. The summed E-state index contributed by atoms with van der Waals surface area (Å²) < 4.78 is 3.85. The molecule has 24 heavy (non-hydrogen) atoms. The number of rotatable bonds is 2. The maximum atomic E-state index is 5.84. The average Bonchev–Trinajstić information content (AvgIpc) is 3.31. The Labute approximate surface area is 141 Å². The normalized spacial score (nSPS) is 14.0. The Morgan fingerprint density at radius 2 is 2.00 bits per heavy atom. The molecule has 0 unspecified atom stereocenters. The molecule has 8 heteroatoms. The van der Waals surface area contributed by atoms with E-state index in [-0.39, 0.29) is 0 Å². The van der Waals surface area contributed by atoms with E-state index in [0.29, 0.717) is 11.3 Å². The molecule has 4 rings (SSSR count). The van der Waals surface area contributed by atoms with E-state index in [4.69, 9.17) is 5.73 Å². The Bertz CT molecular complexity index is 820. The Kier molecular flexibility index (Phi) is 4.75. The monoisotopic (exact) mass is 328 g/mol. The van der Waals surface area contributed by atoms with E-state index in [1.807, 2.05) is 29.4 Å². The molecule has 1 aliphatic rings. The van der Waals surface area contributed by atoms with Gasteiger partial charge < -0.3 is 15.6 Å². The van der Waals surface area contributed by atoms with E-state index in [0.717, 1.165) is 29.3 Å². The second kappa shape index (κ2) is 6.96. The van der Waals surface area contributed by atoms with Gasteiger partial charge >= 0.3 is 0 Å². The molecular weight excluding hydrogens is 304 g/mol. The number of hydrogen-bond donors (Lipinski definition) is 2. The first-order chi connectivity index (χ1) is 11.6. The molecule has 0 amide bonds. The highest BCUT2D eigenvalue weighted by atomic mass is 15.3. The highest BCUT2D eigenvalue weighted by Gasteiger charge is 2.17. The molecular formula is C16H24N8. The third-order valence-corrected chi connectivity index (χ3v) is 4.29. The third-order valence-electron chi connectivity index (χ3n) is 4.29. The minimum Gasteiger partial charge on any atom is -0.382 e. The standard InChI is InChI=1S/C12H15N7.C4H9N/c1-4-19-7(2)8(5-16-19)11-17-9-10(13)14-6-15-12(9)18(11)3;1-2-4-5-3-1/h5-6H,4H2,1-3H3,(H2,13,14,15);5H,1-4H2. The molecule has 8 nitrogen and oxygen atoms in total. The van der Waals surface area contributed by atoms with Crippen molar-refractivity contribution in [3.05, 3.63) is 18.2 Å². The van der Waals surface area contributed by atoms with Crippen LogP contribution in [0.4, 0.5) is 5.82 Å². The fraction of sp³-hybridized carbons (Fsp3) is 0.500. The zero-order valence-corrected chi connectivity index (χ0v) is 14.5. The van der Waals surface area contributed by atoms with Crippen LogP contribution in [0.15, 0.2) is 12.5 Å². The van der Waals surface area contributed by atoms with Crippen molar-refractivity contribution >= 4 is 17.0 Å². The summed E-state index contributed by atoms with van der Waals surface area (Å²) in [5, 5.41) is 7.56. The molecule has 4 heterocycles. The topological polar surface area (TPSA) is 99.5 Å². The second-order valence-electron chi connectivity index (χ2n) is 5.84. The fourth-order valence-corrected chi connectivity index (χ4v) is 2.87. The van der Waals surface area contributed by atoms with E-state index < -0.39 is 0 Å². The van der Waals surface area contributed by atoms with Crippen molar-refractivity contribution in [2.75, 3.05) is 18.8 Å². The van der Waals surface area contributed by atoms with Gasteiger partial charge in [0.25, 0.3) is 0 Å². The Morgan fingerprint density at radius 3 is 2.54 bits per heavy atom. The highest BCUT2D eigenvalue weighted by molar-refractivity contribution is 5.85. The minimum absolute atomic E-state index is 0.396. The molecule has 0 aromatic carbocycles. The fourth-order valence-electron chi connectivity index (χ4n) is 2.87. The average molecular weight is 328 g/mol. The summed E-state index contributed by atoms with van der Waals surface area (Å²) in [5.41, 5.74) is 9.26. The van der Waals surface area contributed by atoms with Crippen molar-refractivity contribution in [3.63, 3.8) is 0 Å². The van der Waals surface area contributed by atoms with Gasteiger partial charge in [-0.1, -0.05) is 0 Å². The number of nitrogen functional groups attached to an aromatic ring is 1. The van der Waals surface area contributed by atoms with Gasteiger partial charge in [0.1, 0.15) is 12.2 Å². The van der Waals surface area contributed by atoms with E-state index in [9.17, 15) is 0 Å². The van der Waals surface area contributed by atoms with Gasteiger partial charge in [-0.05, 0) is 39.8 Å². The molecule has 0 spiro atoms. The van der Waals surface area contributed by atoms with Crippen LogP contribution in [0.1, 0.15) is 25.5 Å². The molecule has 1 saturated heterocycles. The first kappa shape index (κ1) is 16.4. The van der Waals surface area contributed by atoms with Gasteiger partial charge in [-0.15, -0.1) is 0 Å². The molecule has 128 valence electrons. The maximum Gasteiger partial charge on any atom is 0.165 e. The molecule has 0 saturated carbocycles. The van der Waals surface area contributed by atoms with Gasteiger partial charge in [0.05, 0.1) is 11.8 Å². The van der Waals surface area contributed by atoms with Gasteiger partial charge in [-0.2, -0.15) is 5.10 Å². The summed E-state index contributed by atoms with van der Waals surface area (Å²) in [6.45, 7) is 7.42. The maximum absolute atomic E-state index is 5.84. The summed E-state index contributed by atoms with van der Waals surface area (Å²) in [4.78, 5) is 12.7. The number of nitrogens with two attached hydrogens (primary N) is 1. The predicted octanol–water partition coefficient (Wildman–Crippen LogP) is 1.51. The van der Waals surface area contributed by atoms with Gasteiger partial charge in [0.2, 0.25) is 0 Å². The number of aryl methyl sites for hydroxylation is 2. The number of fused-ring (bicyclic) bond motifs is 1. The van der Waals surface area contributed by atoms with Crippen LogP contribution in [-0.2, 0) is 13.6 Å². The SMILES string of the molecule is C1CCNC1.CCn1ncc(-c2nc3c(N)ncnc3n2C)c1C. The zero-order valence-electron chi connectivity index (χ0n) is 14.5. The zero-order chi connectivity index (χ0) is 17.1. The van der Waals surface area contributed by atoms with Crippen LogP contribution < -0.4 is 11.1 Å². The molecule has 3 aromatic heterocycles. The molecule has 0 radical (unpaired) electrons. The Hall–Kier alpha value is -2.48. The van der Waals surface area contributed by atoms with E-state index >= 15 is 0 Å². The van der Waals surface area contributed by atoms with Crippen LogP contribution >= 0.6 is 0 Å². The first-order valence-electron chi connectivity index (χ1n) is 8.29. The number of anilines is 1. The van der Waals surface area contributed by atoms with Crippen molar-refractivity contribution in [1.29, 1.82) is 0 Å².